The minimum absolute atomic E-state index is 0.0896. The number of nitro benzene ring substituents is 1. The van der Waals surface area contributed by atoms with E-state index in [2.05, 4.69) is 31.4 Å². The summed E-state index contributed by atoms with van der Waals surface area (Å²) in [5.74, 6) is -0.166. The second-order valence-electron chi connectivity index (χ2n) is 4.68. The monoisotopic (exact) mass is 392 g/mol. The molecule has 0 aliphatic rings. The van der Waals surface area contributed by atoms with Gasteiger partial charge in [0.2, 0.25) is 0 Å². The van der Waals surface area contributed by atoms with Gasteiger partial charge in [0, 0.05) is 17.2 Å². The Morgan fingerprint density at radius 3 is 2.71 bits per heavy atom. The molecule has 9 nitrogen and oxygen atoms in total. The van der Waals surface area contributed by atoms with E-state index >= 15 is 0 Å². The first-order valence-electron chi connectivity index (χ1n) is 6.60. The molecule has 0 radical (unpaired) electrons. The first kappa shape index (κ1) is 15.9. The van der Waals surface area contributed by atoms with E-state index in [1.54, 1.807) is 12.1 Å². The van der Waals surface area contributed by atoms with Crippen molar-refractivity contribution in [1.82, 2.24) is 10.2 Å². The van der Waals surface area contributed by atoms with E-state index in [1.807, 2.05) is 0 Å². The number of nitrogens with zero attached hydrogens (tertiary/aromatic N) is 3. The maximum atomic E-state index is 12.3. The van der Waals surface area contributed by atoms with E-state index in [4.69, 9.17) is 8.83 Å². The van der Waals surface area contributed by atoms with Crippen LogP contribution >= 0.6 is 15.9 Å². The van der Waals surface area contributed by atoms with Gasteiger partial charge in [0.25, 0.3) is 17.5 Å². The molecule has 0 aliphatic carbocycles. The van der Waals surface area contributed by atoms with Crippen molar-refractivity contribution in [2.45, 2.75) is 6.92 Å². The van der Waals surface area contributed by atoms with Gasteiger partial charge in [0.05, 0.1) is 4.92 Å². The highest BCUT2D eigenvalue weighted by Crippen LogP contribution is 2.26. The summed E-state index contributed by atoms with van der Waals surface area (Å²) < 4.78 is 11.1. The maximum absolute atomic E-state index is 12.3. The van der Waals surface area contributed by atoms with Crippen LogP contribution in [0.25, 0.3) is 11.7 Å². The fourth-order valence-electron chi connectivity index (χ4n) is 2.03. The molecule has 1 N–H and O–H groups in total. The van der Waals surface area contributed by atoms with Crippen LogP contribution in [0.1, 0.15) is 15.9 Å². The van der Waals surface area contributed by atoms with Crippen LogP contribution in [0.15, 0.2) is 43.8 Å². The van der Waals surface area contributed by atoms with Crippen molar-refractivity contribution in [2.75, 3.05) is 5.32 Å². The second kappa shape index (κ2) is 6.24. The van der Waals surface area contributed by atoms with Gasteiger partial charge < -0.3 is 8.83 Å². The largest absolute Gasteiger partial charge is 0.444 e. The maximum Gasteiger partial charge on any atom is 0.322 e. The van der Waals surface area contributed by atoms with Crippen molar-refractivity contribution < 1.29 is 18.6 Å². The first-order valence-corrected chi connectivity index (χ1v) is 7.39. The second-order valence-corrected chi connectivity index (χ2v) is 5.46. The standard InChI is InChI=1S/C14H9BrN4O5/c1-7-8(3-2-4-9(7)19(21)22)12(20)16-14-18-17-13(24-14)10-5-6-11(15)23-10/h2-6H,1H3,(H,16,18,20). The van der Waals surface area contributed by atoms with Crippen LogP contribution in [0.3, 0.4) is 0 Å². The Labute approximate surface area is 143 Å². The summed E-state index contributed by atoms with van der Waals surface area (Å²) >= 11 is 3.15. The zero-order chi connectivity index (χ0) is 17.3. The molecule has 2 heterocycles. The minimum atomic E-state index is -0.591. The SMILES string of the molecule is Cc1c(C(=O)Nc2nnc(-c3ccc(Br)o3)o2)cccc1[N+](=O)[O-]. The molecule has 3 aromatic rings. The minimum Gasteiger partial charge on any atom is -0.444 e. The van der Waals surface area contributed by atoms with Crippen molar-refractivity contribution >= 4 is 33.5 Å². The third kappa shape index (κ3) is 3.04. The Morgan fingerprint density at radius 2 is 2.04 bits per heavy atom. The molecule has 0 atom stereocenters. The van der Waals surface area contributed by atoms with Crippen molar-refractivity contribution in [3.63, 3.8) is 0 Å². The Hall–Kier alpha value is -3.01. The average molecular weight is 393 g/mol. The van der Waals surface area contributed by atoms with Crippen LogP contribution in [-0.2, 0) is 0 Å². The molecular formula is C14H9BrN4O5. The highest BCUT2D eigenvalue weighted by atomic mass is 79.9. The van der Waals surface area contributed by atoms with Gasteiger partial charge in [-0.05, 0) is 41.1 Å². The number of hydrogen-bond acceptors (Lipinski definition) is 7. The van der Waals surface area contributed by atoms with E-state index in [1.165, 1.54) is 25.1 Å². The molecular weight excluding hydrogens is 384 g/mol. The zero-order valence-electron chi connectivity index (χ0n) is 12.1. The van der Waals surface area contributed by atoms with E-state index in [-0.39, 0.29) is 28.7 Å². The first-order chi connectivity index (χ1) is 11.5. The summed E-state index contributed by atoms with van der Waals surface area (Å²) in [4.78, 5) is 22.7. The number of rotatable bonds is 4. The van der Waals surface area contributed by atoms with Crippen molar-refractivity contribution in [2.24, 2.45) is 0 Å². The van der Waals surface area contributed by atoms with Crippen LogP contribution in [0.2, 0.25) is 0 Å². The molecule has 1 aromatic carbocycles. The molecule has 0 spiro atoms. The number of furan rings is 1. The molecule has 0 bridgehead atoms. The zero-order valence-corrected chi connectivity index (χ0v) is 13.7. The van der Waals surface area contributed by atoms with Crippen molar-refractivity contribution in [3.8, 4) is 11.7 Å². The number of hydrogen-bond donors (Lipinski definition) is 1. The number of carbonyl (C=O) groups excluding carboxylic acids is 1. The predicted octanol–water partition coefficient (Wildman–Crippen LogP) is 3.56. The normalized spacial score (nSPS) is 10.6. The Bertz CT molecular complexity index is 933. The van der Waals surface area contributed by atoms with Gasteiger partial charge in [0.1, 0.15) is 0 Å². The van der Waals surface area contributed by atoms with Gasteiger partial charge in [-0.3, -0.25) is 20.2 Å². The summed E-state index contributed by atoms with van der Waals surface area (Å²) in [5, 5.41) is 20.8. The van der Waals surface area contributed by atoms with Gasteiger partial charge in [0.15, 0.2) is 10.4 Å². The third-order valence-corrected chi connectivity index (χ3v) is 3.60. The Balaban J connectivity index is 1.82. The molecule has 122 valence electrons. The molecule has 0 saturated carbocycles. The van der Waals surface area contributed by atoms with Crippen LogP contribution in [-0.4, -0.2) is 21.0 Å². The van der Waals surface area contributed by atoms with E-state index in [0.717, 1.165) is 0 Å². The number of amides is 1. The van der Waals surface area contributed by atoms with Gasteiger partial charge in [-0.2, -0.15) is 0 Å². The smallest absolute Gasteiger partial charge is 0.322 e. The van der Waals surface area contributed by atoms with Gasteiger partial charge >= 0.3 is 6.01 Å². The van der Waals surface area contributed by atoms with Crippen LogP contribution in [0, 0.1) is 17.0 Å². The lowest BCUT2D eigenvalue weighted by molar-refractivity contribution is -0.385. The molecule has 0 aliphatic heterocycles. The topological polar surface area (TPSA) is 124 Å². The quantitative estimate of drug-likeness (QED) is 0.531. The van der Waals surface area contributed by atoms with E-state index in [9.17, 15) is 14.9 Å². The van der Waals surface area contributed by atoms with Crippen molar-refractivity contribution in [3.05, 3.63) is 56.2 Å². The van der Waals surface area contributed by atoms with Crippen LogP contribution < -0.4 is 5.32 Å². The molecule has 0 unspecified atom stereocenters. The lowest BCUT2D eigenvalue weighted by atomic mass is 10.1. The average Bonchev–Trinajstić information content (AvgIpc) is 3.16. The van der Waals surface area contributed by atoms with E-state index in [0.29, 0.717) is 10.4 Å². The fourth-order valence-corrected chi connectivity index (χ4v) is 2.34. The molecule has 1 amide bonds. The highest BCUT2D eigenvalue weighted by molar-refractivity contribution is 9.10. The molecule has 3 rings (SSSR count). The van der Waals surface area contributed by atoms with Crippen molar-refractivity contribution in [1.29, 1.82) is 0 Å². The summed E-state index contributed by atoms with van der Waals surface area (Å²) in [7, 11) is 0. The van der Waals surface area contributed by atoms with Crippen LogP contribution in [0.5, 0.6) is 0 Å². The van der Waals surface area contributed by atoms with Crippen LogP contribution in [0.4, 0.5) is 11.7 Å². The van der Waals surface area contributed by atoms with Gasteiger partial charge in [-0.15, -0.1) is 5.10 Å². The third-order valence-electron chi connectivity index (χ3n) is 3.18. The summed E-state index contributed by atoms with van der Waals surface area (Å²) in [6.07, 6.45) is 0. The molecule has 0 saturated heterocycles. The number of benzene rings is 1. The van der Waals surface area contributed by atoms with E-state index < -0.39 is 10.8 Å². The number of halogens is 1. The highest BCUT2D eigenvalue weighted by Gasteiger charge is 2.20. The fraction of sp³-hybridized carbons (Fsp3) is 0.0714. The Morgan fingerprint density at radius 1 is 1.25 bits per heavy atom. The van der Waals surface area contributed by atoms with Gasteiger partial charge in [-0.25, -0.2) is 0 Å². The summed E-state index contributed by atoms with van der Waals surface area (Å²) in [6, 6.07) is 7.36. The number of anilines is 1. The molecule has 24 heavy (non-hydrogen) atoms. The molecule has 2 aromatic heterocycles. The number of nitro groups is 1. The molecule has 10 heteroatoms. The lowest BCUT2D eigenvalue weighted by Crippen LogP contribution is -2.14. The summed E-state index contributed by atoms with van der Waals surface area (Å²) in [5.41, 5.74) is 0.244. The molecule has 0 fully saturated rings. The summed E-state index contributed by atoms with van der Waals surface area (Å²) in [6.45, 7) is 1.49. The number of carbonyl (C=O) groups is 1. The predicted molar refractivity (Wildman–Crippen MR) is 85.5 cm³/mol. The van der Waals surface area contributed by atoms with Gasteiger partial charge in [-0.1, -0.05) is 11.2 Å². The lowest BCUT2D eigenvalue weighted by Gasteiger charge is -2.04. The number of nitrogens with one attached hydrogen (secondary N) is 1. The Kier molecular flexibility index (Phi) is 4.13. The number of aromatic nitrogens is 2.